The number of hydrogen-bond acceptors (Lipinski definition) is 4. The quantitative estimate of drug-likeness (QED) is 0.840. The minimum absolute atomic E-state index is 0.0705. The second kappa shape index (κ2) is 7.43. The predicted octanol–water partition coefficient (Wildman–Crippen LogP) is 1.99. The average Bonchev–Trinajstić information content (AvgIpc) is 2.91. The normalized spacial score (nSPS) is 18.0. The van der Waals surface area contributed by atoms with Gasteiger partial charge in [-0.2, -0.15) is 0 Å². The molecule has 2 aliphatic heterocycles. The highest BCUT2D eigenvalue weighted by molar-refractivity contribution is 6.01. The van der Waals surface area contributed by atoms with Crippen LogP contribution in [0.5, 0.6) is 0 Å². The number of ketones is 1. The van der Waals surface area contributed by atoms with E-state index in [-0.39, 0.29) is 30.7 Å². The van der Waals surface area contributed by atoms with Crippen LogP contribution in [0.2, 0.25) is 0 Å². The lowest BCUT2D eigenvalue weighted by atomic mass is 10.1. The zero-order chi connectivity index (χ0) is 18.8. The lowest BCUT2D eigenvalue weighted by Gasteiger charge is -2.29. The molecule has 3 rings (SSSR count). The predicted molar refractivity (Wildman–Crippen MR) is 95.2 cm³/mol. The third-order valence-corrected chi connectivity index (χ3v) is 5.18. The summed E-state index contributed by atoms with van der Waals surface area (Å²) in [5, 5.41) is 0. The topological polar surface area (TPSA) is 83.7 Å². The van der Waals surface area contributed by atoms with Gasteiger partial charge in [0.15, 0.2) is 0 Å². The van der Waals surface area contributed by atoms with E-state index in [2.05, 4.69) is 0 Å². The van der Waals surface area contributed by atoms with E-state index < -0.39 is 23.7 Å². The molecule has 1 aromatic rings. The van der Waals surface area contributed by atoms with E-state index >= 15 is 0 Å². The van der Waals surface area contributed by atoms with E-state index in [0.29, 0.717) is 11.3 Å². The van der Waals surface area contributed by atoms with Crippen molar-refractivity contribution in [3.05, 3.63) is 29.1 Å². The molecule has 140 valence electrons. The van der Waals surface area contributed by atoms with Crippen molar-refractivity contribution in [3.8, 4) is 0 Å². The van der Waals surface area contributed by atoms with Crippen LogP contribution in [0.3, 0.4) is 0 Å². The molecule has 6 nitrogen and oxygen atoms in total. The number of hydrogen-bond donors (Lipinski definition) is 1. The first-order chi connectivity index (χ1) is 12.4. The minimum atomic E-state index is -0.861. The first-order valence-corrected chi connectivity index (χ1v) is 9.05. The number of amides is 2. The summed E-state index contributed by atoms with van der Waals surface area (Å²) in [4.78, 5) is 39.1. The van der Waals surface area contributed by atoms with E-state index in [9.17, 15) is 18.8 Å². The number of fused-ring (bicyclic) bond motifs is 1. The van der Waals surface area contributed by atoms with E-state index in [1.165, 1.54) is 17.9 Å². The van der Waals surface area contributed by atoms with Crippen LogP contribution in [0.1, 0.15) is 54.9 Å². The standard InChI is InChI=1S/C19H24FN3O3/c1-12(24)5-6-16(18(21)25)23-11-13-9-17(22-7-3-2-4-8-22)15(20)10-14(13)19(23)26/h9-10,16H,2-8,11H2,1H3,(H2,21,25)/t16-/m0/s1. The summed E-state index contributed by atoms with van der Waals surface area (Å²) in [6, 6.07) is 2.13. The maximum atomic E-state index is 14.6. The molecular formula is C19H24FN3O3. The molecule has 1 atom stereocenters. The molecule has 1 fully saturated rings. The Morgan fingerprint density at radius 3 is 2.54 bits per heavy atom. The molecular weight excluding hydrogens is 337 g/mol. The van der Waals surface area contributed by atoms with Crippen molar-refractivity contribution in [3.63, 3.8) is 0 Å². The zero-order valence-corrected chi connectivity index (χ0v) is 15.0. The van der Waals surface area contributed by atoms with Gasteiger partial charge in [-0.1, -0.05) is 0 Å². The number of benzene rings is 1. The fourth-order valence-corrected chi connectivity index (χ4v) is 3.77. The van der Waals surface area contributed by atoms with Crippen LogP contribution in [0, 0.1) is 5.82 Å². The van der Waals surface area contributed by atoms with Crippen LogP contribution in [0.15, 0.2) is 12.1 Å². The van der Waals surface area contributed by atoms with Crippen LogP contribution in [-0.4, -0.2) is 41.6 Å². The molecule has 2 aliphatic rings. The monoisotopic (exact) mass is 361 g/mol. The summed E-state index contributed by atoms with van der Waals surface area (Å²) in [5.41, 5.74) is 6.94. The largest absolute Gasteiger partial charge is 0.369 e. The van der Waals surface area contributed by atoms with Crippen molar-refractivity contribution in [1.29, 1.82) is 0 Å². The highest BCUT2D eigenvalue weighted by atomic mass is 19.1. The first kappa shape index (κ1) is 18.4. The molecule has 0 saturated carbocycles. The smallest absolute Gasteiger partial charge is 0.255 e. The highest BCUT2D eigenvalue weighted by Gasteiger charge is 2.36. The Hall–Kier alpha value is -2.44. The van der Waals surface area contributed by atoms with Gasteiger partial charge < -0.3 is 20.3 Å². The Bertz CT molecular complexity index is 744. The number of nitrogens with zero attached hydrogens (tertiary/aromatic N) is 2. The lowest BCUT2D eigenvalue weighted by molar-refractivity contribution is -0.123. The van der Waals surface area contributed by atoms with Crippen molar-refractivity contribution in [2.45, 2.75) is 51.6 Å². The number of carbonyl (C=O) groups is 3. The van der Waals surface area contributed by atoms with Crippen LogP contribution in [-0.2, 0) is 16.1 Å². The van der Waals surface area contributed by atoms with Gasteiger partial charge in [-0.3, -0.25) is 9.59 Å². The van der Waals surface area contributed by atoms with Gasteiger partial charge in [0.2, 0.25) is 5.91 Å². The second-order valence-electron chi connectivity index (χ2n) is 7.10. The molecule has 0 aromatic heterocycles. The third-order valence-electron chi connectivity index (χ3n) is 5.18. The van der Waals surface area contributed by atoms with Crippen molar-refractivity contribution in [2.75, 3.05) is 18.0 Å². The fraction of sp³-hybridized carbons (Fsp3) is 0.526. The fourth-order valence-electron chi connectivity index (χ4n) is 3.77. The SMILES string of the molecule is CC(=O)CC[C@@H](C(N)=O)N1Cc2cc(N3CCCCC3)c(F)cc2C1=O. The van der Waals surface area contributed by atoms with Crippen molar-refractivity contribution < 1.29 is 18.8 Å². The number of halogens is 1. The molecule has 0 unspecified atom stereocenters. The van der Waals surface area contributed by atoms with E-state index in [1.807, 2.05) is 4.90 Å². The number of rotatable bonds is 6. The molecule has 2 heterocycles. The number of anilines is 1. The average molecular weight is 361 g/mol. The van der Waals surface area contributed by atoms with E-state index in [0.717, 1.165) is 32.4 Å². The third kappa shape index (κ3) is 3.57. The maximum absolute atomic E-state index is 14.6. The Morgan fingerprint density at radius 1 is 1.23 bits per heavy atom. The number of primary amides is 1. The van der Waals surface area contributed by atoms with Crippen LogP contribution in [0.25, 0.3) is 0 Å². The Kier molecular flexibility index (Phi) is 5.25. The summed E-state index contributed by atoms with van der Waals surface area (Å²) in [6.07, 6.45) is 3.55. The molecule has 0 bridgehead atoms. The van der Waals surface area contributed by atoms with Gasteiger partial charge >= 0.3 is 0 Å². The molecule has 1 aromatic carbocycles. The van der Waals surface area contributed by atoms with Gasteiger partial charge in [0.05, 0.1) is 5.69 Å². The van der Waals surface area contributed by atoms with Crippen LogP contribution < -0.4 is 10.6 Å². The molecule has 2 amide bonds. The summed E-state index contributed by atoms with van der Waals surface area (Å²) in [6.45, 7) is 3.24. The van der Waals surface area contributed by atoms with Gasteiger partial charge in [-0.05, 0) is 50.3 Å². The van der Waals surface area contributed by atoms with Crippen molar-refractivity contribution in [1.82, 2.24) is 4.90 Å². The molecule has 7 heteroatoms. The Balaban J connectivity index is 1.85. The van der Waals surface area contributed by atoms with Gasteiger partial charge in [0, 0.05) is 31.6 Å². The van der Waals surface area contributed by atoms with E-state index in [4.69, 9.17) is 5.73 Å². The molecule has 0 aliphatic carbocycles. The lowest BCUT2D eigenvalue weighted by Crippen LogP contribution is -2.45. The number of Topliss-reactive ketones (excluding diaryl/α,β-unsaturated/α-hetero) is 1. The molecule has 0 spiro atoms. The van der Waals surface area contributed by atoms with Gasteiger partial charge in [0.1, 0.15) is 17.6 Å². The van der Waals surface area contributed by atoms with Gasteiger partial charge in [0.25, 0.3) is 5.91 Å². The second-order valence-corrected chi connectivity index (χ2v) is 7.10. The Morgan fingerprint density at radius 2 is 1.92 bits per heavy atom. The zero-order valence-electron chi connectivity index (χ0n) is 15.0. The van der Waals surface area contributed by atoms with E-state index in [1.54, 1.807) is 6.07 Å². The minimum Gasteiger partial charge on any atom is -0.369 e. The number of piperidine rings is 1. The molecule has 0 radical (unpaired) electrons. The van der Waals surface area contributed by atoms with Crippen molar-refractivity contribution >= 4 is 23.3 Å². The maximum Gasteiger partial charge on any atom is 0.255 e. The molecule has 26 heavy (non-hydrogen) atoms. The summed E-state index contributed by atoms with van der Waals surface area (Å²) in [7, 11) is 0. The first-order valence-electron chi connectivity index (χ1n) is 9.05. The summed E-state index contributed by atoms with van der Waals surface area (Å²) >= 11 is 0. The molecule has 1 saturated heterocycles. The Labute approximate surface area is 152 Å². The highest BCUT2D eigenvalue weighted by Crippen LogP contribution is 2.33. The summed E-state index contributed by atoms with van der Waals surface area (Å²) in [5.74, 6) is -1.54. The van der Waals surface area contributed by atoms with Crippen LogP contribution in [0.4, 0.5) is 10.1 Å². The molecule has 2 N–H and O–H groups in total. The van der Waals surface area contributed by atoms with Gasteiger partial charge in [-0.15, -0.1) is 0 Å². The van der Waals surface area contributed by atoms with Gasteiger partial charge in [-0.25, -0.2) is 4.39 Å². The number of nitrogens with two attached hydrogens (primary N) is 1. The van der Waals surface area contributed by atoms with Crippen molar-refractivity contribution in [2.24, 2.45) is 5.73 Å². The van der Waals surface area contributed by atoms with Crippen LogP contribution >= 0.6 is 0 Å². The summed E-state index contributed by atoms with van der Waals surface area (Å²) < 4.78 is 14.6. The number of carbonyl (C=O) groups excluding carboxylic acids is 3.